The summed E-state index contributed by atoms with van der Waals surface area (Å²) in [6.07, 6.45) is 0.974. The lowest BCUT2D eigenvalue weighted by Gasteiger charge is -2.12. The Balaban J connectivity index is 1.69. The highest BCUT2D eigenvalue weighted by Crippen LogP contribution is 2.35. The molecule has 6 heteroatoms. The lowest BCUT2D eigenvalue weighted by Crippen LogP contribution is -2.20. The van der Waals surface area contributed by atoms with Crippen molar-refractivity contribution in [3.63, 3.8) is 0 Å². The highest BCUT2D eigenvalue weighted by Gasteiger charge is 2.16. The topological polar surface area (TPSA) is 66.2 Å². The average Bonchev–Trinajstić information content (AvgIpc) is 3.12. The molecule has 0 spiro atoms. The molecule has 0 radical (unpaired) electrons. The summed E-state index contributed by atoms with van der Waals surface area (Å²) in [5.41, 5.74) is 5.27. The average molecular weight is 420 g/mol. The summed E-state index contributed by atoms with van der Waals surface area (Å²) in [6, 6.07) is 20.9. The van der Waals surface area contributed by atoms with Crippen molar-refractivity contribution in [2.75, 3.05) is 17.7 Å². The number of nitrogens with one attached hydrogen (secondary N) is 3. The van der Waals surface area contributed by atoms with Gasteiger partial charge in [0.1, 0.15) is 5.75 Å². The molecule has 0 unspecified atom stereocenters. The third-order valence-electron chi connectivity index (χ3n) is 5.01. The van der Waals surface area contributed by atoms with Gasteiger partial charge in [-0.2, -0.15) is 0 Å². The number of benzene rings is 3. The van der Waals surface area contributed by atoms with Crippen LogP contribution in [0.25, 0.3) is 22.2 Å². The molecule has 0 saturated carbocycles. The Kier molecular flexibility index (Phi) is 5.63. The second kappa shape index (κ2) is 8.51. The smallest absolute Gasteiger partial charge is 0.323 e. The number of para-hydroxylation sites is 1. The molecule has 0 atom stereocenters. The molecule has 5 nitrogen and oxygen atoms in total. The Morgan fingerprint density at radius 2 is 1.80 bits per heavy atom. The molecule has 152 valence electrons. The maximum atomic E-state index is 12.9. The van der Waals surface area contributed by atoms with Crippen LogP contribution in [0, 0.1) is 0 Å². The largest absolute Gasteiger partial charge is 0.495 e. The van der Waals surface area contributed by atoms with Gasteiger partial charge in [-0.05, 0) is 36.2 Å². The van der Waals surface area contributed by atoms with Gasteiger partial charge in [0.2, 0.25) is 0 Å². The fraction of sp³-hybridized carbons (Fsp3) is 0.125. The summed E-state index contributed by atoms with van der Waals surface area (Å²) in [7, 11) is 1.55. The van der Waals surface area contributed by atoms with Crippen molar-refractivity contribution in [1.82, 2.24) is 4.98 Å². The fourth-order valence-corrected chi connectivity index (χ4v) is 3.61. The number of amides is 2. The van der Waals surface area contributed by atoms with E-state index in [-0.39, 0.29) is 6.03 Å². The van der Waals surface area contributed by atoms with Gasteiger partial charge in [0.15, 0.2) is 0 Å². The molecule has 4 rings (SSSR count). The van der Waals surface area contributed by atoms with E-state index >= 15 is 0 Å². The lowest BCUT2D eigenvalue weighted by atomic mass is 10.1. The van der Waals surface area contributed by atoms with Crippen LogP contribution in [0.1, 0.15) is 12.5 Å². The van der Waals surface area contributed by atoms with Crippen molar-refractivity contribution < 1.29 is 9.53 Å². The highest BCUT2D eigenvalue weighted by molar-refractivity contribution is 6.31. The standard InChI is InChI=1S/C24H22ClN3O2/c1-3-15-8-10-16(11-9-15)22-23(18-6-4-5-7-19(18)26-22)28-24(29)27-20-14-17(25)12-13-21(20)30-2/h4-14,26H,3H2,1-2H3,(H2,27,28,29). The number of ether oxygens (including phenoxy) is 1. The van der Waals surface area contributed by atoms with E-state index in [4.69, 9.17) is 16.3 Å². The minimum atomic E-state index is -0.383. The van der Waals surface area contributed by atoms with Gasteiger partial charge >= 0.3 is 6.03 Å². The van der Waals surface area contributed by atoms with Crippen molar-refractivity contribution in [3.05, 3.63) is 77.3 Å². The Labute approximate surface area is 180 Å². The number of anilines is 2. The van der Waals surface area contributed by atoms with Gasteiger partial charge in [-0.15, -0.1) is 0 Å². The number of carbonyl (C=O) groups excluding carboxylic acids is 1. The number of rotatable bonds is 5. The number of urea groups is 1. The molecule has 1 aromatic heterocycles. The van der Waals surface area contributed by atoms with E-state index in [0.717, 1.165) is 28.6 Å². The summed E-state index contributed by atoms with van der Waals surface area (Å²) in [5.74, 6) is 0.531. The van der Waals surface area contributed by atoms with Crippen LogP contribution in [0.2, 0.25) is 5.02 Å². The Morgan fingerprint density at radius 3 is 2.53 bits per heavy atom. The zero-order valence-electron chi connectivity index (χ0n) is 16.8. The lowest BCUT2D eigenvalue weighted by molar-refractivity contribution is 0.262. The molecule has 0 aliphatic rings. The molecule has 0 saturated heterocycles. The SMILES string of the molecule is CCc1ccc(-c2[nH]c3ccccc3c2NC(=O)Nc2cc(Cl)ccc2OC)cc1. The third kappa shape index (κ3) is 3.98. The van der Waals surface area contributed by atoms with E-state index in [1.165, 1.54) is 5.56 Å². The van der Waals surface area contributed by atoms with Crippen molar-refractivity contribution in [1.29, 1.82) is 0 Å². The molecule has 0 aliphatic heterocycles. The number of aromatic amines is 1. The second-order valence-corrected chi connectivity index (χ2v) is 7.33. The van der Waals surface area contributed by atoms with Crippen molar-refractivity contribution in [2.24, 2.45) is 0 Å². The van der Waals surface area contributed by atoms with E-state index in [1.807, 2.05) is 24.3 Å². The molecule has 0 bridgehead atoms. The third-order valence-corrected chi connectivity index (χ3v) is 5.24. The molecular formula is C24H22ClN3O2. The van der Waals surface area contributed by atoms with Gasteiger partial charge in [0.25, 0.3) is 0 Å². The molecule has 1 heterocycles. The summed E-state index contributed by atoms with van der Waals surface area (Å²) >= 11 is 6.08. The number of aromatic nitrogens is 1. The van der Waals surface area contributed by atoms with Gasteiger partial charge in [-0.25, -0.2) is 4.79 Å². The van der Waals surface area contributed by atoms with Crippen LogP contribution < -0.4 is 15.4 Å². The van der Waals surface area contributed by atoms with Crippen LogP contribution in [0.3, 0.4) is 0 Å². The van der Waals surface area contributed by atoms with Gasteiger partial charge in [0, 0.05) is 21.5 Å². The first-order chi connectivity index (χ1) is 14.6. The van der Waals surface area contributed by atoms with Gasteiger partial charge in [-0.3, -0.25) is 0 Å². The van der Waals surface area contributed by atoms with E-state index in [2.05, 4.69) is 46.8 Å². The fourth-order valence-electron chi connectivity index (χ4n) is 3.44. The Bertz CT molecular complexity index is 1200. The Hall–Kier alpha value is -3.44. The number of methoxy groups -OCH3 is 1. The van der Waals surface area contributed by atoms with E-state index < -0.39 is 0 Å². The highest BCUT2D eigenvalue weighted by atomic mass is 35.5. The second-order valence-electron chi connectivity index (χ2n) is 6.89. The molecule has 0 fully saturated rings. The Morgan fingerprint density at radius 1 is 1.03 bits per heavy atom. The van der Waals surface area contributed by atoms with Gasteiger partial charge in [0.05, 0.1) is 24.2 Å². The van der Waals surface area contributed by atoms with Crippen LogP contribution in [0.5, 0.6) is 5.75 Å². The number of carbonyl (C=O) groups is 1. The first-order valence-electron chi connectivity index (χ1n) is 9.70. The summed E-state index contributed by atoms with van der Waals surface area (Å²) in [4.78, 5) is 16.3. The van der Waals surface area contributed by atoms with Crippen LogP contribution in [-0.2, 0) is 6.42 Å². The van der Waals surface area contributed by atoms with Crippen molar-refractivity contribution >= 4 is 39.9 Å². The van der Waals surface area contributed by atoms with Gasteiger partial charge in [-0.1, -0.05) is 61.0 Å². The predicted octanol–water partition coefficient (Wildman–Crippen LogP) is 6.70. The molecule has 2 amide bonds. The first kappa shape index (κ1) is 19.9. The maximum Gasteiger partial charge on any atom is 0.323 e. The quantitative estimate of drug-likeness (QED) is 0.336. The summed E-state index contributed by atoms with van der Waals surface area (Å²) in [5, 5.41) is 7.27. The number of aryl methyl sites for hydroxylation is 1. The van der Waals surface area contributed by atoms with E-state index in [1.54, 1.807) is 25.3 Å². The maximum absolute atomic E-state index is 12.9. The van der Waals surface area contributed by atoms with E-state index in [9.17, 15) is 4.79 Å². The van der Waals surface area contributed by atoms with Crippen molar-refractivity contribution in [3.8, 4) is 17.0 Å². The monoisotopic (exact) mass is 419 g/mol. The predicted molar refractivity (Wildman–Crippen MR) is 124 cm³/mol. The normalized spacial score (nSPS) is 10.8. The van der Waals surface area contributed by atoms with Crippen LogP contribution in [-0.4, -0.2) is 18.1 Å². The number of fused-ring (bicyclic) bond motifs is 1. The van der Waals surface area contributed by atoms with Crippen LogP contribution in [0.4, 0.5) is 16.2 Å². The number of H-pyrrole nitrogens is 1. The molecule has 4 aromatic rings. The minimum absolute atomic E-state index is 0.383. The number of hydrogen-bond acceptors (Lipinski definition) is 2. The minimum Gasteiger partial charge on any atom is -0.495 e. The zero-order chi connectivity index (χ0) is 21.1. The molecule has 30 heavy (non-hydrogen) atoms. The molecule has 0 aliphatic carbocycles. The zero-order valence-corrected chi connectivity index (χ0v) is 17.5. The molecule has 3 aromatic carbocycles. The van der Waals surface area contributed by atoms with E-state index in [0.29, 0.717) is 22.1 Å². The van der Waals surface area contributed by atoms with Crippen LogP contribution in [0.15, 0.2) is 66.7 Å². The number of hydrogen-bond donors (Lipinski definition) is 3. The molecule has 3 N–H and O–H groups in total. The molecular weight excluding hydrogens is 398 g/mol. The first-order valence-corrected chi connectivity index (χ1v) is 10.1. The number of halogens is 1. The van der Waals surface area contributed by atoms with Crippen LogP contribution >= 0.6 is 11.6 Å². The summed E-state index contributed by atoms with van der Waals surface area (Å²) < 4.78 is 5.31. The van der Waals surface area contributed by atoms with Gasteiger partial charge < -0.3 is 20.4 Å². The summed E-state index contributed by atoms with van der Waals surface area (Å²) in [6.45, 7) is 2.12. The van der Waals surface area contributed by atoms with Crippen molar-refractivity contribution in [2.45, 2.75) is 13.3 Å².